The third-order valence-electron chi connectivity index (χ3n) is 17.6. The number of carbonyl (C=O) groups is 4. The van der Waals surface area contributed by atoms with Crippen LogP contribution >= 0.6 is 34.8 Å². The number of aromatic nitrogens is 7. The van der Waals surface area contributed by atoms with Crippen LogP contribution in [0.2, 0.25) is 15.1 Å². The Hall–Kier alpha value is -14.1. The van der Waals surface area contributed by atoms with Crippen molar-refractivity contribution < 1.29 is 145 Å². The number of alkyl halides is 16. The van der Waals surface area contributed by atoms with E-state index in [1.165, 1.54) is 49.8 Å². The summed E-state index contributed by atoms with van der Waals surface area (Å²) in [6.45, 7) is 4.64. The number of nitrogens with zero attached hydrogens (tertiary/aromatic N) is 7. The molecule has 46 heteroatoms. The summed E-state index contributed by atoms with van der Waals surface area (Å²) in [5.41, 5.74) is 1.81. The van der Waals surface area contributed by atoms with Crippen LogP contribution in [0.4, 0.5) is 111 Å². The van der Waals surface area contributed by atoms with Gasteiger partial charge in [0.25, 0.3) is 23.6 Å². The maximum Gasteiger partial charge on any atom is 0.507 e. The molecule has 23 nitrogen and oxygen atoms in total. The van der Waals surface area contributed by atoms with Crippen LogP contribution in [0.1, 0.15) is 58.1 Å². The van der Waals surface area contributed by atoms with Gasteiger partial charge in [0.1, 0.15) is 40.2 Å². The van der Waals surface area contributed by atoms with E-state index in [4.69, 9.17) is 34.8 Å². The number of anilines is 4. The molecule has 0 radical (unpaired) electrons. The standard InChI is InChI=1S/C21H13ClF4N2O3.C20H12ClF4N3O3.C20H11F6N3O3.C19H8ClF6N3O3/c1-11-8-16-17(31-21(25,26)20(23,24)30-16)9-14(11)12-6-7-18(27-10-12)28-19(29)13-4-2-3-5-15(13)22;1-10-6-15-16(31-20(24,25)19(22,23)30-15)7-12(10)14-8-27-17(9-26-14)28-18(29)11-4-2-3-5-13(11)21;1-9-5-14-15(32-20(25,26)19(23,24)31-14)6-10(9)13-7-28-16(8-27-13)29-18(30)17-11(21)3-2-4-12(17)22;20-9-5-14-13(31-18(23,24)19(25,26)32-14)4-8(9)12-6-28-15(7-27-12)29-17(30)16-10(21)2-1-3-11(16)22/h2-10H,1H3,(H,27,28,29);2-9H,1H3,(H,27,28,29);2-8H,1H3,(H,28,29,30);1-7H,(H,28,29,30). The van der Waals surface area contributed by atoms with E-state index in [-0.39, 0.29) is 77.7 Å². The maximum atomic E-state index is 13.7. The number of nitrogens with one attached hydrogen (secondary N) is 4. The number of ether oxygens (including phenoxy) is 8. The van der Waals surface area contributed by atoms with Gasteiger partial charge in [0.2, 0.25) is 0 Å². The number of pyridine rings is 1. The maximum absolute atomic E-state index is 13.7. The van der Waals surface area contributed by atoms with Gasteiger partial charge < -0.3 is 59.2 Å². The number of amides is 4. The van der Waals surface area contributed by atoms with Crippen molar-refractivity contribution in [1.82, 2.24) is 34.9 Å². The SMILES string of the molecule is Cc1cc2c(cc1-c1ccc(NC(=O)c3ccccc3Cl)nc1)OC(F)(F)C(F)(F)O2.Cc1cc2c(cc1-c1cnc(NC(=O)c3c(F)cccc3F)cn1)OC(F)(F)C(F)(F)O2.Cc1cc2c(cc1-c1cnc(NC(=O)c3ccccc3Cl)cn1)OC(F)(F)C(F)(F)O2.O=C(Nc1cnc(-c2cc3c(cc2Cl)OC(F)(F)C(F)(F)O3)cn1)c1c(F)cccc1F. The molecule has 0 aliphatic carbocycles. The molecule has 0 bridgehead atoms. The van der Waals surface area contributed by atoms with Crippen molar-refractivity contribution in [2.24, 2.45) is 0 Å². The van der Waals surface area contributed by atoms with Gasteiger partial charge in [-0.3, -0.25) is 34.1 Å². The topological polar surface area (TPSA) is 280 Å². The molecule has 8 aromatic carbocycles. The first-order valence-corrected chi connectivity index (χ1v) is 36.1. The first-order valence-electron chi connectivity index (χ1n) is 35.0. The van der Waals surface area contributed by atoms with Gasteiger partial charge in [0, 0.05) is 34.5 Å². The highest BCUT2D eigenvalue weighted by atomic mass is 35.5. The van der Waals surface area contributed by atoms with E-state index in [1.54, 1.807) is 62.4 Å². The Morgan fingerprint density at radius 2 is 0.548 bits per heavy atom. The van der Waals surface area contributed by atoms with Crippen molar-refractivity contribution in [2.45, 2.75) is 69.6 Å². The molecule has 4 N–H and O–H groups in total. The van der Waals surface area contributed by atoms with Crippen LogP contribution in [0.25, 0.3) is 44.9 Å². The Kier molecular flexibility index (Phi) is 24.3. The summed E-state index contributed by atoms with van der Waals surface area (Å²) in [7, 11) is 0. The Labute approximate surface area is 706 Å². The minimum absolute atomic E-state index is 0.0166. The zero-order valence-corrected chi connectivity index (χ0v) is 64.9. The number of hydrogen-bond donors (Lipinski definition) is 4. The average Bonchev–Trinajstić information content (AvgIpc) is 0.764. The summed E-state index contributed by atoms with van der Waals surface area (Å²) in [6.07, 6.45) is -30.6. The van der Waals surface area contributed by atoms with Crippen LogP contribution < -0.4 is 59.2 Å². The Morgan fingerprint density at radius 1 is 0.278 bits per heavy atom. The molecule has 0 atom stereocenters. The number of fused-ring (bicyclic) bond motifs is 4. The predicted octanol–water partition coefficient (Wildman–Crippen LogP) is 21.5. The predicted molar refractivity (Wildman–Crippen MR) is 403 cm³/mol. The van der Waals surface area contributed by atoms with Gasteiger partial charge in [-0.25, -0.2) is 37.5 Å². The van der Waals surface area contributed by atoms with Gasteiger partial charge >= 0.3 is 48.9 Å². The van der Waals surface area contributed by atoms with Crippen LogP contribution in [0, 0.1) is 44.0 Å². The highest BCUT2D eigenvalue weighted by molar-refractivity contribution is 6.35. The fourth-order valence-corrected chi connectivity index (χ4v) is 12.2. The quantitative estimate of drug-likeness (QED) is 0.0827. The number of hydrogen-bond acceptors (Lipinski definition) is 19. The van der Waals surface area contributed by atoms with E-state index in [0.29, 0.717) is 33.4 Å². The van der Waals surface area contributed by atoms with E-state index in [0.717, 1.165) is 97.6 Å². The molecule has 4 aliphatic heterocycles. The van der Waals surface area contributed by atoms with Gasteiger partial charge in [-0.1, -0.05) is 71.2 Å². The van der Waals surface area contributed by atoms with Gasteiger partial charge in [-0.15, -0.1) is 0 Å². The van der Waals surface area contributed by atoms with Crippen LogP contribution in [0.5, 0.6) is 46.0 Å². The minimum Gasteiger partial charge on any atom is -0.421 e. The van der Waals surface area contributed by atoms with Gasteiger partial charge in [0.05, 0.1) is 80.5 Å². The van der Waals surface area contributed by atoms with Crippen molar-refractivity contribution in [3.05, 3.63) is 266 Å². The van der Waals surface area contributed by atoms with Gasteiger partial charge in [-0.05, 0) is 146 Å². The van der Waals surface area contributed by atoms with Crippen molar-refractivity contribution in [1.29, 1.82) is 0 Å². The van der Waals surface area contributed by atoms with E-state index >= 15 is 0 Å². The van der Waals surface area contributed by atoms with Crippen molar-refractivity contribution in [2.75, 3.05) is 21.3 Å². The molecule has 0 saturated heterocycles. The molecule has 16 rings (SSSR count). The second kappa shape index (κ2) is 34.2. The largest absolute Gasteiger partial charge is 0.507 e. The molecular formula is C80H44Cl3F20N11O12. The molecule has 4 aromatic heterocycles. The van der Waals surface area contributed by atoms with Crippen molar-refractivity contribution >= 4 is 81.7 Å². The van der Waals surface area contributed by atoms with Crippen LogP contribution in [0.3, 0.4) is 0 Å². The normalized spacial score (nSPS) is 15.9. The lowest BCUT2D eigenvalue weighted by molar-refractivity contribution is -0.391. The monoisotopic (exact) mass is 1840 g/mol. The molecule has 0 spiro atoms. The zero-order valence-electron chi connectivity index (χ0n) is 62.6. The smallest absolute Gasteiger partial charge is 0.421 e. The Bertz CT molecular complexity index is 5870. The number of carbonyl (C=O) groups excluding carboxylic acids is 4. The number of rotatable bonds is 12. The fourth-order valence-electron chi connectivity index (χ4n) is 11.5. The molecule has 126 heavy (non-hydrogen) atoms. The molecule has 8 heterocycles. The first kappa shape index (κ1) is 89.7. The number of aryl methyl sites for hydroxylation is 3. The van der Waals surface area contributed by atoms with Crippen LogP contribution in [-0.2, 0) is 0 Å². The third-order valence-corrected chi connectivity index (χ3v) is 18.6. The van der Waals surface area contributed by atoms with E-state index in [2.05, 4.69) is 94.0 Å². The highest BCUT2D eigenvalue weighted by Gasteiger charge is 2.69. The van der Waals surface area contributed by atoms with Crippen LogP contribution in [0.15, 0.2) is 189 Å². The van der Waals surface area contributed by atoms with Crippen LogP contribution in [-0.4, -0.2) is 107 Å². The minimum atomic E-state index is -4.92. The second-order valence-corrected chi connectivity index (χ2v) is 27.6. The van der Waals surface area contributed by atoms with Gasteiger partial charge in [0.15, 0.2) is 63.4 Å². The molecule has 12 aromatic rings. The molecule has 0 unspecified atom stereocenters. The zero-order chi connectivity index (χ0) is 91.3. The first-order chi connectivity index (χ1) is 59.1. The molecule has 0 saturated carbocycles. The molecule has 4 amide bonds. The lowest BCUT2D eigenvalue weighted by atomic mass is 10.0. The second-order valence-electron chi connectivity index (χ2n) is 26.3. The summed E-state index contributed by atoms with van der Waals surface area (Å²) >= 11 is 18.0. The highest BCUT2D eigenvalue weighted by Crippen LogP contribution is 2.54. The lowest BCUT2D eigenvalue weighted by Crippen LogP contribution is -2.52. The fraction of sp³-hybridized carbons (Fsp3) is 0.138. The van der Waals surface area contributed by atoms with E-state index in [9.17, 15) is 107 Å². The van der Waals surface area contributed by atoms with E-state index in [1.807, 2.05) is 0 Å². The van der Waals surface area contributed by atoms with Crippen molar-refractivity contribution in [3.63, 3.8) is 0 Å². The Morgan fingerprint density at radius 3 is 0.857 bits per heavy atom. The average molecular weight is 1840 g/mol. The van der Waals surface area contributed by atoms with Crippen molar-refractivity contribution in [3.8, 4) is 90.9 Å². The molecule has 0 fully saturated rings. The summed E-state index contributed by atoms with van der Waals surface area (Å²) < 4.78 is 302. The Balaban J connectivity index is 0.000000144. The summed E-state index contributed by atoms with van der Waals surface area (Å²) in [5.74, 6) is -12.2. The molecule has 4 aliphatic rings. The number of benzene rings is 8. The molecule has 652 valence electrons. The van der Waals surface area contributed by atoms with Gasteiger partial charge in [-0.2, -0.15) is 70.2 Å². The summed E-state index contributed by atoms with van der Waals surface area (Å²) in [5, 5.41) is 9.82. The summed E-state index contributed by atoms with van der Waals surface area (Å²) in [6, 6.07) is 30.3. The van der Waals surface area contributed by atoms with E-state index < -0.39 is 153 Å². The number of halogens is 23. The molecular weight excluding hydrogens is 1790 g/mol. The summed E-state index contributed by atoms with van der Waals surface area (Å²) in [4.78, 5) is 76.9. The third kappa shape index (κ3) is 18.7. The lowest BCUT2D eigenvalue weighted by Gasteiger charge is -2.32.